The highest BCUT2D eigenvalue weighted by Crippen LogP contribution is 2.13. The molecule has 0 aromatic carbocycles. The maximum atomic E-state index is 9.30. The second kappa shape index (κ2) is 3.49. The second-order valence-corrected chi connectivity index (χ2v) is 3.55. The number of likely N-dealkylation sites (tertiary alicyclic amines) is 1. The molecule has 1 aliphatic heterocycles. The van der Waals surface area contributed by atoms with Crippen LogP contribution in [0.5, 0.6) is 0 Å². The molecule has 1 saturated heterocycles. The molecule has 2 heterocycles. The average molecular weight is 182 g/mol. The number of aliphatic hydroxyl groups is 2. The molecule has 0 unspecified atom stereocenters. The van der Waals surface area contributed by atoms with Crippen LogP contribution in [0, 0.1) is 0 Å². The minimum absolute atomic E-state index is 0.562. The van der Waals surface area contributed by atoms with Crippen molar-refractivity contribution in [2.75, 3.05) is 13.1 Å². The molecule has 72 valence electrons. The van der Waals surface area contributed by atoms with Crippen LogP contribution in [0.3, 0.4) is 0 Å². The first-order valence-corrected chi connectivity index (χ1v) is 4.46. The van der Waals surface area contributed by atoms with Gasteiger partial charge in [0.25, 0.3) is 0 Å². The van der Waals surface area contributed by atoms with Crippen LogP contribution in [-0.4, -0.2) is 45.4 Å². The summed E-state index contributed by atoms with van der Waals surface area (Å²) in [6, 6.07) is 2.00. The molecule has 13 heavy (non-hydrogen) atoms. The van der Waals surface area contributed by atoms with Gasteiger partial charge in [0.1, 0.15) is 0 Å². The summed E-state index contributed by atoms with van der Waals surface area (Å²) < 4.78 is 0. The van der Waals surface area contributed by atoms with Crippen molar-refractivity contribution in [3.05, 3.63) is 24.0 Å². The van der Waals surface area contributed by atoms with Crippen LogP contribution in [0.15, 0.2) is 18.5 Å². The highest BCUT2D eigenvalue weighted by atomic mass is 16.3. The summed E-state index contributed by atoms with van der Waals surface area (Å²) in [6.07, 6.45) is 2.63. The minimum atomic E-state index is -0.584. The second-order valence-electron chi connectivity index (χ2n) is 3.55. The number of nitrogens with zero attached hydrogens (tertiary/aromatic N) is 1. The summed E-state index contributed by atoms with van der Waals surface area (Å²) in [4.78, 5) is 5.01. The van der Waals surface area contributed by atoms with E-state index in [2.05, 4.69) is 4.98 Å². The van der Waals surface area contributed by atoms with Gasteiger partial charge in [0.15, 0.2) is 0 Å². The minimum Gasteiger partial charge on any atom is -0.389 e. The van der Waals surface area contributed by atoms with E-state index in [4.69, 9.17) is 0 Å². The van der Waals surface area contributed by atoms with Crippen LogP contribution in [0.1, 0.15) is 5.56 Å². The Morgan fingerprint density at radius 1 is 1.38 bits per heavy atom. The van der Waals surface area contributed by atoms with Gasteiger partial charge >= 0.3 is 0 Å². The normalized spacial score (nSPS) is 29.7. The number of H-pyrrole nitrogens is 1. The van der Waals surface area contributed by atoms with Gasteiger partial charge in [-0.2, -0.15) is 0 Å². The first-order valence-electron chi connectivity index (χ1n) is 4.46. The molecule has 2 rings (SSSR count). The first kappa shape index (κ1) is 8.74. The fourth-order valence-corrected chi connectivity index (χ4v) is 1.69. The molecular weight excluding hydrogens is 168 g/mol. The number of β-amino-alcohol motifs (C(OH)–C–C–N with tert-alkyl or cyclic N) is 2. The van der Waals surface area contributed by atoms with Crippen molar-refractivity contribution < 1.29 is 10.2 Å². The Morgan fingerprint density at radius 3 is 2.62 bits per heavy atom. The van der Waals surface area contributed by atoms with Gasteiger partial charge in [-0.1, -0.05) is 0 Å². The van der Waals surface area contributed by atoms with E-state index >= 15 is 0 Å². The summed E-state index contributed by atoms with van der Waals surface area (Å²) >= 11 is 0. The third-order valence-electron chi connectivity index (χ3n) is 2.40. The Labute approximate surface area is 76.8 Å². The van der Waals surface area contributed by atoms with Gasteiger partial charge in [-0.3, -0.25) is 4.90 Å². The number of aliphatic hydroxyl groups excluding tert-OH is 2. The zero-order valence-corrected chi connectivity index (χ0v) is 7.35. The van der Waals surface area contributed by atoms with Crippen molar-refractivity contribution >= 4 is 0 Å². The van der Waals surface area contributed by atoms with Gasteiger partial charge in [-0.15, -0.1) is 0 Å². The molecule has 0 radical (unpaired) electrons. The molecule has 2 atom stereocenters. The van der Waals surface area contributed by atoms with Crippen molar-refractivity contribution in [1.82, 2.24) is 9.88 Å². The average Bonchev–Trinajstić information content (AvgIpc) is 2.64. The zero-order chi connectivity index (χ0) is 9.26. The lowest BCUT2D eigenvalue weighted by Crippen LogP contribution is -2.22. The topological polar surface area (TPSA) is 59.5 Å². The Hall–Kier alpha value is -0.840. The molecule has 0 saturated carbocycles. The van der Waals surface area contributed by atoms with Gasteiger partial charge < -0.3 is 15.2 Å². The van der Waals surface area contributed by atoms with E-state index in [0.717, 1.165) is 6.54 Å². The van der Waals surface area contributed by atoms with E-state index in [-0.39, 0.29) is 0 Å². The number of hydrogen-bond donors (Lipinski definition) is 3. The smallest absolute Gasteiger partial charge is 0.0938 e. The molecule has 1 aromatic heterocycles. The predicted octanol–water partition coefficient (Wildman–Crippen LogP) is -0.448. The Kier molecular flexibility index (Phi) is 2.35. The maximum absolute atomic E-state index is 9.30. The quantitative estimate of drug-likeness (QED) is 0.580. The summed E-state index contributed by atoms with van der Waals surface area (Å²) in [5, 5.41) is 18.6. The van der Waals surface area contributed by atoms with Gasteiger partial charge in [0.2, 0.25) is 0 Å². The van der Waals surface area contributed by atoms with Gasteiger partial charge in [0, 0.05) is 32.0 Å². The van der Waals surface area contributed by atoms with Crippen LogP contribution < -0.4 is 0 Å². The largest absolute Gasteiger partial charge is 0.389 e. The molecule has 4 heteroatoms. The molecule has 1 fully saturated rings. The number of aromatic amines is 1. The SMILES string of the molecule is O[C@@H]1CN(Cc2cc[nH]c2)C[C@@H]1O. The molecule has 0 aliphatic carbocycles. The highest BCUT2D eigenvalue weighted by Gasteiger charge is 2.29. The molecule has 0 amide bonds. The fraction of sp³-hybridized carbons (Fsp3) is 0.556. The van der Waals surface area contributed by atoms with E-state index in [1.165, 1.54) is 5.56 Å². The van der Waals surface area contributed by atoms with Crippen LogP contribution in [0.4, 0.5) is 0 Å². The fourth-order valence-electron chi connectivity index (χ4n) is 1.69. The number of hydrogen-bond acceptors (Lipinski definition) is 3. The van der Waals surface area contributed by atoms with Crippen molar-refractivity contribution in [2.24, 2.45) is 0 Å². The van der Waals surface area contributed by atoms with Crippen LogP contribution >= 0.6 is 0 Å². The molecule has 0 spiro atoms. The molecular formula is C9H14N2O2. The maximum Gasteiger partial charge on any atom is 0.0938 e. The molecule has 3 N–H and O–H groups in total. The third kappa shape index (κ3) is 1.91. The lowest BCUT2D eigenvalue weighted by molar-refractivity contribution is 0.0572. The van der Waals surface area contributed by atoms with E-state index in [9.17, 15) is 10.2 Å². The number of rotatable bonds is 2. The molecule has 4 nitrogen and oxygen atoms in total. The van der Waals surface area contributed by atoms with Gasteiger partial charge in [0.05, 0.1) is 12.2 Å². The summed E-state index contributed by atoms with van der Waals surface area (Å²) in [5.74, 6) is 0. The number of aromatic nitrogens is 1. The zero-order valence-electron chi connectivity index (χ0n) is 7.35. The van der Waals surface area contributed by atoms with Crippen molar-refractivity contribution in [3.8, 4) is 0 Å². The standard InChI is InChI=1S/C9H14N2O2/c12-8-5-11(6-9(8)13)4-7-1-2-10-3-7/h1-3,8-10,12-13H,4-6H2/t8-,9+. The Morgan fingerprint density at radius 2 is 2.08 bits per heavy atom. The lowest BCUT2D eigenvalue weighted by atomic mass is 10.3. The molecule has 0 bridgehead atoms. The van der Waals surface area contributed by atoms with E-state index < -0.39 is 12.2 Å². The third-order valence-corrected chi connectivity index (χ3v) is 2.40. The van der Waals surface area contributed by atoms with Crippen LogP contribution in [0.2, 0.25) is 0 Å². The van der Waals surface area contributed by atoms with Crippen molar-refractivity contribution in [2.45, 2.75) is 18.8 Å². The van der Waals surface area contributed by atoms with Crippen LogP contribution in [0.25, 0.3) is 0 Å². The highest BCUT2D eigenvalue weighted by molar-refractivity contribution is 5.08. The predicted molar refractivity (Wildman–Crippen MR) is 48.1 cm³/mol. The van der Waals surface area contributed by atoms with Crippen LogP contribution in [-0.2, 0) is 6.54 Å². The summed E-state index contributed by atoms with van der Waals surface area (Å²) in [5.41, 5.74) is 1.18. The molecule has 1 aliphatic rings. The van der Waals surface area contributed by atoms with E-state index in [0.29, 0.717) is 13.1 Å². The molecule has 1 aromatic rings. The van der Waals surface area contributed by atoms with Gasteiger partial charge in [-0.05, 0) is 11.6 Å². The number of nitrogens with one attached hydrogen (secondary N) is 1. The van der Waals surface area contributed by atoms with E-state index in [1.807, 2.05) is 23.4 Å². The van der Waals surface area contributed by atoms with Crippen molar-refractivity contribution in [1.29, 1.82) is 0 Å². The Bertz CT molecular complexity index is 251. The summed E-state index contributed by atoms with van der Waals surface area (Å²) in [6.45, 7) is 1.91. The first-order chi connectivity index (χ1) is 6.25. The lowest BCUT2D eigenvalue weighted by Gasteiger charge is -2.12. The Balaban J connectivity index is 1.91. The summed E-state index contributed by atoms with van der Waals surface area (Å²) in [7, 11) is 0. The van der Waals surface area contributed by atoms with Gasteiger partial charge in [-0.25, -0.2) is 0 Å². The van der Waals surface area contributed by atoms with Crippen molar-refractivity contribution in [3.63, 3.8) is 0 Å². The van der Waals surface area contributed by atoms with E-state index in [1.54, 1.807) is 0 Å². The monoisotopic (exact) mass is 182 g/mol.